The van der Waals surface area contributed by atoms with Crippen molar-refractivity contribution in [2.45, 2.75) is 32.6 Å². The molecule has 4 nitrogen and oxygen atoms in total. The third-order valence-electron chi connectivity index (χ3n) is 4.27. The lowest BCUT2D eigenvalue weighted by atomic mass is 9.89. The fourth-order valence-electron chi connectivity index (χ4n) is 2.80. The molecular weight excluding hydrogens is 310 g/mol. The van der Waals surface area contributed by atoms with Crippen LogP contribution >= 0.6 is 11.3 Å². The Morgan fingerprint density at radius 2 is 1.83 bits per heavy atom. The highest BCUT2D eigenvalue weighted by atomic mass is 32.1. The summed E-state index contributed by atoms with van der Waals surface area (Å²) in [5, 5.41) is 4.68. The van der Waals surface area contributed by atoms with Crippen LogP contribution in [0.1, 0.15) is 42.3 Å². The molecule has 3 rings (SSSR count). The molecule has 1 aromatic carbocycles. The van der Waals surface area contributed by atoms with E-state index in [2.05, 4.69) is 5.32 Å². The molecule has 120 valence electrons. The smallest absolute Gasteiger partial charge is 0.317 e. The fraction of sp³-hybridized carbons (Fsp3) is 0.333. The average Bonchev–Trinajstić information content (AvgIpc) is 3.21. The van der Waals surface area contributed by atoms with Crippen LogP contribution in [0.2, 0.25) is 0 Å². The molecule has 0 saturated heterocycles. The second-order valence-electron chi connectivity index (χ2n) is 6.11. The first-order chi connectivity index (χ1) is 11.1. The summed E-state index contributed by atoms with van der Waals surface area (Å²) in [4.78, 5) is 24.9. The van der Waals surface area contributed by atoms with Crippen LogP contribution in [0.5, 0.6) is 5.75 Å². The van der Waals surface area contributed by atoms with Gasteiger partial charge >= 0.3 is 5.97 Å². The van der Waals surface area contributed by atoms with Gasteiger partial charge in [0, 0.05) is 5.69 Å². The van der Waals surface area contributed by atoms with Crippen molar-refractivity contribution < 1.29 is 14.3 Å². The number of amides is 1. The number of esters is 1. The molecule has 0 bridgehead atoms. The van der Waals surface area contributed by atoms with Gasteiger partial charge in [-0.25, -0.2) is 0 Å². The van der Waals surface area contributed by atoms with Gasteiger partial charge in [0.1, 0.15) is 5.75 Å². The molecule has 23 heavy (non-hydrogen) atoms. The monoisotopic (exact) mass is 329 g/mol. The summed E-state index contributed by atoms with van der Waals surface area (Å²) in [6.07, 6.45) is 3.94. The zero-order valence-corrected chi connectivity index (χ0v) is 13.8. The van der Waals surface area contributed by atoms with Crippen molar-refractivity contribution in [3.05, 3.63) is 46.7 Å². The Bertz CT molecular complexity index is 686. The molecular formula is C18H19NO3S. The molecule has 5 heteroatoms. The molecule has 0 atom stereocenters. The van der Waals surface area contributed by atoms with Crippen molar-refractivity contribution in [3.8, 4) is 5.75 Å². The predicted molar refractivity (Wildman–Crippen MR) is 90.9 cm³/mol. The van der Waals surface area contributed by atoms with Crippen molar-refractivity contribution in [1.82, 2.24) is 0 Å². The molecule has 1 heterocycles. The molecule has 1 fully saturated rings. The molecule has 1 aliphatic carbocycles. The van der Waals surface area contributed by atoms with Gasteiger partial charge in [0.15, 0.2) is 0 Å². The third kappa shape index (κ3) is 3.62. The summed E-state index contributed by atoms with van der Waals surface area (Å²) in [5.74, 6) is 0.214. The molecule has 1 aliphatic rings. The summed E-state index contributed by atoms with van der Waals surface area (Å²) in [6, 6.07) is 10.5. The quantitative estimate of drug-likeness (QED) is 0.664. The molecule has 0 unspecified atom stereocenters. The van der Waals surface area contributed by atoms with Crippen molar-refractivity contribution in [1.29, 1.82) is 0 Å². The number of hydrogen-bond donors (Lipinski definition) is 1. The minimum atomic E-state index is -0.355. The van der Waals surface area contributed by atoms with E-state index in [1.54, 1.807) is 30.3 Å². The second-order valence-corrected chi connectivity index (χ2v) is 7.06. The van der Waals surface area contributed by atoms with Gasteiger partial charge in [0.2, 0.25) is 0 Å². The number of carbonyl (C=O) groups is 2. The van der Waals surface area contributed by atoms with Gasteiger partial charge in [-0.2, -0.15) is 0 Å². The Morgan fingerprint density at radius 1 is 1.13 bits per heavy atom. The molecule has 2 aromatic rings. The van der Waals surface area contributed by atoms with E-state index in [1.807, 2.05) is 18.4 Å². The molecule has 0 aliphatic heterocycles. The van der Waals surface area contributed by atoms with Crippen molar-refractivity contribution >= 4 is 28.9 Å². The van der Waals surface area contributed by atoms with E-state index in [4.69, 9.17) is 4.74 Å². The average molecular weight is 329 g/mol. The number of anilines is 1. The van der Waals surface area contributed by atoms with Gasteiger partial charge < -0.3 is 10.1 Å². The van der Waals surface area contributed by atoms with Crippen LogP contribution in [-0.2, 0) is 4.79 Å². The lowest BCUT2D eigenvalue weighted by Crippen LogP contribution is -2.29. The summed E-state index contributed by atoms with van der Waals surface area (Å²) in [7, 11) is 0. The Kier molecular flexibility index (Phi) is 4.48. The standard InChI is InChI=1S/C18H19NO3S/c1-18(10-2-3-11-18)17(21)22-14-8-6-13(7-9-14)19-16(20)15-5-4-12-23-15/h4-9,12H,2-3,10-11H2,1H3,(H,19,20). The fourth-order valence-corrected chi connectivity index (χ4v) is 3.42. The van der Waals surface area contributed by atoms with Gasteiger partial charge in [0.25, 0.3) is 5.91 Å². The summed E-state index contributed by atoms with van der Waals surface area (Å²) < 4.78 is 5.48. The zero-order chi connectivity index (χ0) is 16.3. The maximum absolute atomic E-state index is 12.3. The molecule has 0 spiro atoms. The first-order valence-electron chi connectivity index (χ1n) is 7.74. The van der Waals surface area contributed by atoms with Gasteiger partial charge in [0.05, 0.1) is 10.3 Å². The normalized spacial score (nSPS) is 16.0. The third-order valence-corrected chi connectivity index (χ3v) is 5.14. The van der Waals surface area contributed by atoms with Crippen molar-refractivity contribution in [2.24, 2.45) is 5.41 Å². The molecule has 1 saturated carbocycles. The number of hydrogen-bond acceptors (Lipinski definition) is 4. The Morgan fingerprint density at radius 3 is 2.43 bits per heavy atom. The van der Waals surface area contributed by atoms with E-state index in [1.165, 1.54) is 11.3 Å². The van der Waals surface area contributed by atoms with Crippen LogP contribution in [-0.4, -0.2) is 11.9 Å². The number of thiophene rings is 1. The van der Waals surface area contributed by atoms with E-state index in [9.17, 15) is 9.59 Å². The first-order valence-corrected chi connectivity index (χ1v) is 8.62. The number of ether oxygens (including phenoxy) is 1. The minimum absolute atomic E-state index is 0.136. The summed E-state index contributed by atoms with van der Waals surface area (Å²) in [6.45, 7) is 1.97. The predicted octanol–water partition coefficient (Wildman–Crippen LogP) is 4.49. The van der Waals surface area contributed by atoms with Crippen LogP contribution in [0.15, 0.2) is 41.8 Å². The largest absolute Gasteiger partial charge is 0.426 e. The summed E-state index contributed by atoms with van der Waals surface area (Å²) >= 11 is 1.39. The molecule has 1 aromatic heterocycles. The number of benzene rings is 1. The second kappa shape index (κ2) is 6.54. The van der Waals surface area contributed by atoms with Gasteiger partial charge in [-0.15, -0.1) is 11.3 Å². The lowest BCUT2D eigenvalue weighted by Gasteiger charge is -2.20. The van der Waals surface area contributed by atoms with Crippen molar-refractivity contribution in [3.63, 3.8) is 0 Å². The van der Waals surface area contributed by atoms with E-state index < -0.39 is 0 Å². The molecule has 1 amide bonds. The number of carbonyl (C=O) groups excluding carboxylic acids is 2. The van der Waals surface area contributed by atoms with Gasteiger partial charge in [-0.05, 0) is 55.5 Å². The highest BCUT2D eigenvalue weighted by Gasteiger charge is 2.38. The van der Waals surface area contributed by atoms with Gasteiger partial charge in [-0.1, -0.05) is 18.9 Å². The van der Waals surface area contributed by atoms with Crippen molar-refractivity contribution in [2.75, 3.05) is 5.32 Å². The van der Waals surface area contributed by atoms with Crippen LogP contribution in [0, 0.1) is 5.41 Å². The lowest BCUT2D eigenvalue weighted by molar-refractivity contribution is -0.144. The van der Waals surface area contributed by atoms with E-state index >= 15 is 0 Å². The topological polar surface area (TPSA) is 55.4 Å². The molecule has 0 radical (unpaired) electrons. The SMILES string of the molecule is CC1(C(=O)Oc2ccc(NC(=O)c3cccs3)cc2)CCCC1. The minimum Gasteiger partial charge on any atom is -0.426 e. The summed E-state index contributed by atoms with van der Waals surface area (Å²) in [5.41, 5.74) is 0.321. The van der Waals surface area contributed by atoms with Crippen LogP contribution < -0.4 is 10.1 Å². The van der Waals surface area contributed by atoms with E-state index in [-0.39, 0.29) is 17.3 Å². The van der Waals surface area contributed by atoms with E-state index in [0.717, 1.165) is 25.7 Å². The molecule has 1 N–H and O–H groups in total. The van der Waals surface area contributed by atoms with Crippen LogP contribution in [0.25, 0.3) is 0 Å². The van der Waals surface area contributed by atoms with E-state index in [0.29, 0.717) is 16.3 Å². The highest BCUT2D eigenvalue weighted by Crippen LogP contribution is 2.38. The maximum atomic E-state index is 12.3. The van der Waals surface area contributed by atoms with Gasteiger partial charge in [-0.3, -0.25) is 9.59 Å². The Balaban J connectivity index is 1.61. The first kappa shape index (κ1) is 15.7. The van der Waals surface area contributed by atoms with Crippen LogP contribution in [0.3, 0.4) is 0 Å². The Labute approximate surface area is 139 Å². The zero-order valence-electron chi connectivity index (χ0n) is 13.0. The maximum Gasteiger partial charge on any atom is 0.317 e. The highest BCUT2D eigenvalue weighted by molar-refractivity contribution is 7.12. The Hall–Kier alpha value is -2.14. The number of rotatable bonds is 4. The van der Waals surface area contributed by atoms with Crippen LogP contribution in [0.4, 0.5) is 5.69 Å². The number of nitrogens with one attached hydrogen (secondary N) is 1.